The minimum absolute atomic E-state index is 0.312. The van der Waals surface area contributed by atoms with Crippen LogP contribution in [0.5, 0.6) is 0 Å². The molecule has 2 aromatic heterocycles. The van der Waals surface area contributed by atoms with Crippen molar-refractivity contribution in [3.63, 3.8) is 0 Å². The number of hydrogen-bond donors (Lipinski definition) is 0. The Bertz CT molecular complexity index is 3200. The summed E-state index contributed by atoms with van der Waals surface area (Å²) in [4.78, 5) is 2.45. The van der Waals surface area contributed by atoms with Crippen LogP contribution in [0.1, 0.15) is 0 Å². The summed E-state index contributed by atoms with van der Waals surface area (Å²) in [6, 6.07) is 75.6. The molecule has 11 aromatic rings. The van der Waals surface area contributed by atoms with Crippen LogP contribution in [0.2, 0.25) is 0 Å². The standard InChI is InChI=1S/C52H34N2Se/c1-2-15-38(16-3-1)54-49-23-10-7-19-44(49)46-33-37(27-31-50(46)54)35-25-28-39(29-26-35)53(40-30-32-52-47(34-40)45-20-8-11-24-51(45)55-52)48-22-9-6-18-43(48)42-21-12-14-36-13-4-5-17-41(36)42/h1-34H. The molecule has 258 valence electrons. The Morgan fingerprint density at radius 1 is 0.364 bits per heavy atom. The van der Waals surface area contributed by atoms with Gasteiger partial charge in [0.05, 0.1) is 11.0 Å². The molecule has 0 atom stereocenters. The van der Waals surface area contributed by atoms with Gasteiger partial charge >= 0.3 is 246 Å². The number of rotatable bonds is 6. The molecular formula is C52H34N2Se. The van der Waals surface area contributed by atoms with Crippen molar-refractivity contribution in [1.82, 2.24) is 4.57 Å². The van der Waals surface area contributed by atoms with Crippen LogP contribution in [0.4, 0.5) is 17.1 Å². The monoisotopic (exact) mass is 766 g/mol. The molecule has 0 saturated heterocycles. The summed E-state index contributed by atoms with van der Waals surface area (Å²) >= 11 is 0.312. The number of fused-ring (bicyclic) bond motifs is 7. The first kappa shape index (κ1) is 31.8. The van der Waals surface area contributed by atoms with Gasteiger partial charge in [-0.25, -0.2) is 0 Å². The van der Waals surface area contributed by atoms with Crippen LogP contribution < -0.4 is 4.90 Å². The number of benzene rings is 9. The Kier molecular flexibility index (Phi) is 7.55. The maximum atomic E-state index is 2.45. The van der Waals surface area contributed by atoms with Gasteiger partial charge in [0.25, 0.3) is 0 Å². The first-order valence-corrected chi connectivity index (χ1v) is 20.5. The average Bonchev–Trinajstić information content (AvgIpc) is 3.79. The van der Waals surface area contributed by atoms with Gasteiger partial charge in [0.15, 0.2) is 0 Å². The maximum absolute atomic E-state index is 2.45. The number of hydrogen-bond acceptors (Lipinski definition) is 1. The second kappa shape index (κ2) is 13.0. The Labute approximate surface area is 325 Å². The fourth-order valence-corrected chi connectivity index (χ4v) is 10.7. The van der Waals surface area contributed by atoms with Gasteiger partial charge in [0.2, 0.25) is 0 Å². The SMILES string of the molecule is c1ccc(-n2c3ccccc3c3cc(-c4ccc(N(c5ccc6[se]c7ccccc7c6c5)c5ccccc5-c5cccc6ccccc56)cc4)ccc32)cc1. The first-order chi connectivity index (χ1) is 27.3. The van der Waals surface area contributed by atoms with Crippen LogP contribution in [0.3, 0.4) is 0 Å². The van der Waals surface area contributed by atoms with E-state index in [1.54, 1.807) is 0 Å². The Hall–Kier alpha value is -6.64. The van der Waals surface area contributed by atoms with Crippen molar-refractivity contribution in [3.8, 4) is 27.9 Å². The third-order valence-corrected chi connectivity index (χ3v) is 13.4. The van der Waals surface area contributed by atoms with Gasteiger partial charge in [0, 0.05) is 11.1 Å². The summed E-state index contributed by atoms with van der Waals surface area (Å²) in [7, 11) is 0. The predicted octanol–water partition coefficient (Wildman–Crippen LogP) is 14.1. The fourth-order valence-electron chi connectivity index (χ4n) is 8.45. The molecule has 9 aromatic carbocycles. The van der Waals surface area contributed by atoms with Crippen molar-refractivity contribution in [2.45, 2.75) is 0 Å². The molecule has 0 aliphatic carbocycles. The molecule has 0 amide bonds. The molecule has 0 aliphatic heterocycles. The van der Waals surface area contributed by atoms with Crippen LogP contribution in [-0.2, 0) is 0 Å². The van der Waals surface area contributed by atoms with Crippen LogP contribution in [0, 0.1) is 0 Å². The summed E-state index contributed by atoms with van der Waals surface area (Å²) in [5.41, 5.74) is 11.9. The molecule has 0 N–H and O–H groups in total. The van der Waals surface area contributed by atoms with Crippen LogP contribution >= 0.6 is 0 Å². The van der Waals surface area contributed by atoms with Gasteiger partial charge in [0.1, 0.15) is 0 Å². The van der Waals surface area contributed by atoms with E-state index >= 15 is 0 Å². The summed E-state index contributed by atoms with van der Waals surface area (Å²) in [6.07, 6.45) is 0. The molecule has 11 rings (SSSR count). The van der Waals surface area contributed by atoms with E-state index < -0.39 is 0 Å². The van der Waals surface area contributed by atoms with Gasteiger partial charge in [-0.3, -0.25) is 0 Å². The summed E-state index contributed by atoms with van der Waals surface area (Å²) in [5.74, 6) is 0. The van der Waals surface area contributed by atoms with Crippen molar-refractivity contribution < 1.29 is 0 Å². The molecule has 55 heavy (non-hydrogen) atoms. The van der Waals surface area contributed by atoms with E-state index in [1.165, 1.54) is 79.8 Å². The van der Waals surface area contributed by atoms with Crippen molar-refractivity contribution in [1.29, 1.82) is 0 Å². The topological polar surface area (TPSA) is 8.17 Å². The van der Waals surface area contributed by atoms with Gasteiger partial charge in [-0.15, -0.1) is 0 Å². The Morgan fingerprint density at radius 3 is 1.89 bits per heavy atom. The van der Waals surface area contributed by atoms with Crippen molar-refractivity contribution in [2.24, 2.45) is 0 Å². The van der Waals surface area contributed by atoms with Crippen LogP contribution in [0.15, 0.2) is 206 Å². The first-order valence-electron chi connectivity index (χ1n) is 18.8. The molecular weight excluding hydrogens is 732 g/mol. The van der Waals surface area contributed by atoms with E-state index in [-0.39, 0.29) is 0 Å². The third kappa shape index (κ3) is 5.32. The summed E-state index contributed by atoms with van der Waals surface area (Å²) in [5, 5.41) is 7.72. The Balaban J connectivity index is 1.07. The van der Waals surface area contributed by atoms with E-state index in [1.807, 2.05) is 0 Å². The van der Waals surface area contributed by atoms with Crippen LogP contribution in [0.25, 0.3) is 79.8 Å². The minimum Gasteiger partial charge on any atom is -0.0602 e. The molecule has 0 unspecified atom stereocenters. The molecule has 0 aliphatic rings. The third-order valence-electron chi connectivity index (χ3n) is 11.0. The molecule has 2 nitrogen and oxygen atoms in total. The van der Waals surface area contributed by atoms with Gasteiger partial charge in [-0.1, -0.05) is 36.4 Å². The molecule has 2 heterocycles. The predicted molar refractivity (Wildman–Crippen MR) is 236 cm³/mol. The molecule has 0 fully saturated rings. The van der Waals surface area contributed by atoms with Crippen LogP contribution in [-0.4, -0.2) is 19.1 Å². The van der Waals surface area contributed by atoms with E-state index in [4.69, 9.17) is 0 Å². The minimum atomic E-state index is 0.312. The quantitative estimate of drug-likeness (QED) is 0.153. The number of aromatic nitrogens is 1. The smallest absolute Gasteiger partial charge is 0.0602 e. The number of nitrogens with zero attached hydrogens (tertiary/aromatic N) is 2. The van der Waals surface area contributed by atoms with Crippen molar-refractivity contribution in [3.05, 3.63) is 206 Å². The summed E-state index contributed by atoms with van der Waals surface area (Å²) < 4.78 is 5.27. The van der Waals surface area contributed by atoms with E-state index in [0.717, 1.165) is 17.1 Å². The van der Waals surface area contributed by atoms with Gasteiger partial charge in [-0.2, -0.15) is 0 Å². The second-order valence-corrected chi connectivity index (χ2v) is 16.4. The zero-order valence-electron chi connectivity index (χ0n) is 29.9. The molecule has 0 spiro atoms. The van der Waals surface area contributed by atoms with E-state index in [2.05, 4.69) is 216 Å². The van der Waals surface area contributed by atoms with Crippen molar-refractivity contribution in [2.75, 3.05) is 4.90 Å². The van der Waals surface area contributed by atoms with Crippen molar-refractivity contribution >= 4 is 83.4 Å². The Morgan fingerprint density at radius 2 is 1.00 bits per heavy atom. The normalized spacial score (nSPS) is 11.6. The second-order valence-electron chi connectivity index (χ2n) is 14.1. The van der Waals surface area contributed by atoms with E-state index in [9.17, 15) is 0 Å². The molecule has 0 radical (unpaired) electrons. The van der Waals surface area contributed by atoms with Gasteiger partial charge < -0.3 is 4.57 Å². The zero-order valence-corrected chi connectivity index (χ0v) is 31.6. The molecule has 3 heteroatoms. The fraction of sp³-hybridized carbons (Fsp3) is 0. The summed E-state index contributed by atoms with van der Waals surface area (Å²) in [6.45, 7) is 0. The van der Waals surface area contributed by atoms with Gasteiger partial charge in [-0.05, 0) is 18.2 Å². The number of para-hydroxylation sites is 3. The zero-order chi connectivity index (χ0) is 36.3. The number of anilines is 3. The van der Waals surface area contributed by atoms with E-state index in [0.29, 0.717) is 14.5 Å². The average molecular weight is 766 g/mol. The molecule has 0 bridgehead atoms. The molecule has 0 saturated carbocycles.